The average Bonchev–Trinajstić information content (AvgIpc) is 3.00. The van der Waals surface area contributed by atoms with E-state index >= 15 is 0 Å². The largest absolute Gasteiger partial charge is 0.481 e. The second-order valence-electron chi connectivity index (χ2n) is 13.0. The van der Waals surface area contributed by atoms with Crippen LogP contribution < -0.4 is 0 Å². The fourth-order valence-electron chi connectivity index (χ4n) is 6.22. The van der Waals surface area contributed by atoms with Gasteiger partial charge < -0.3 is 9.84 Å². The fourth-order valence-corrected chi connectivity index (χ4v) is 6.22. The number of ether oxygens (including phenoxy) is 1. The SMILES string of the molecule is CCCCCCCCCCCCCCC[C@@H](OCc1ccccc1)[C@@H](CCCCCCCCCCCCCC)C(=O)O. The van der Waals surface area contributed by atoms with Crippen LogP contribution in [0.25, 0.3) is 0 Å². The molecule has 0 unspecified atom stereocenters. The first-order valence-corrected chi connectivity index (χ1v) is 18.6. The van der Waals surface area contributed by atoms with E-state index in [2.05, 4.69) is 26.0 Å². The van der Waals surface area contributed by atoms with E-state index in [1.165, 1.54) is 141 Å². The number of rotatable bonds is 32. The van der Waals surface area contributed by atoms with Crippen molar-refractivity contribution in [1.82, 2.24) is 0 Å². The molecule has 0 aliphatic rings. The Hall–Kier alpha value is -1.35. The monoisotopic (exact) mass is 587 g/mol. The summed E-state index contributed by atoms with van der Waals surface area (Å²) in [6.07, 6.45) is 34.3. The molecule has 3 heteroatoms. The van der Waals surface area contributed by atoms with Gasteiger partial charge in [0.25, 0.3) is 0 Å². The van der Waals surface area contributed by atoms with Crippen molar-refractivity contribution < 1.29 is 14.6 Å². The number of hydrogen-bond acceptors (Lipinski definition) is 2. The smallest absolute Gasteiger partial charge is 0.309 e. The van der Waals surface area contributed by atoms with Crippen molar-refractivity contribution in [1.29, 1.82) is 0 Å². The Kier molecular flexibility index (Phi) is 27.4. The van der Waals surface area contributed by atoms with Gasteiger partial charge in [-0.2, -0.15) is 0 Å². The molecule has 2 atom stereocenters. The van der Waals surface area contributed by atoms with Gasteiger partial charge in [0.2, 0.25) is 0 Å². The van der Waals surface area contributed by atoms with Crippen LogP contribution in [-0.2, 0) is 16.1 Å². The molecule has 0 saturated carbocycles. The Labute approximate surface area is 262 Å². The summed E-state index contributed by atoms with van der Waals surface area (Å²) in [5.74, 6) is -1.07. The quantitative estimate of drug-likeness (QED) is 0.0854. The zero-order valence-electron chi connectivity index (χ0n) is 28.1. The molecule has 0 spiro atoms. The fraction of sp³-hybridized carbons (Fsp3) is 0.821. The second-order valence-corrected chi connectivity index (χ2v) is 13.0. The molecule has 244 valence electrons. The van der Waals surface area contributed by atoms with Gasteiger partial charge >= 0.3 is 5.97 Å². The summed E-state index contributed by atoms with van der Waals surface area (Å²) in [5.41, 5.74) is 1.13. The first-order valence-electron chi connectivity index (χ1n) is 18.6. The van der Waals surface area contributed by atoms with E-state index in [-0.39, 0.29) is 6.10 Å². The van der Waals surface area contributed by atoms with Gasteiger partial charge in [0.15, 0.2) is 0 Å². The molecule has 0 heterocycles. The molecule has 0 aliphatic heterocycles. The van der Waals surface area contributed by atoms with Gasteiger partial charge in [0.05, 0.1) is 18.6 Å². The van der Waals surface area contributed by atoms with Crippen molar-refractivity contribution in [2.45, 2.75) is 200 Å². The average molecular weight is 587 g/mol. The standard InChI is InChI=1S/C39H70O3/c1-3-5-7-9-11-13-15-17-19-21-23-25-30-34-38(42-35-36-31-27-26-28-32-36)37(39(40)41)33-29-24-22-20-18-16-14-12-10-8-6-4-2/h26-28,31-32,37-38H,3-25,29-30,33-35H2,1-2H3,(H,40,41)/t37-,38-/m1/s1. The van der Waals surface area contributed by atoms with Gasteiger partial charge in [-0.3, -0.25) is 4.79 Å². The van der Waals surface area contributed by atoms with E-state index < -0.39 is 11.9 Å². The summed E-state index contributed by atoms with van der Waals surface area (Å²) in [7, 11) is 0. The molecule has 0 saturated heterocycles. The van der Waals surface area contributed by atoms with Crippen molar-refractivity contribution in [3.63, 3.8) is 0 Å². The number of aliphatic carboxylic acids is 1. The van der Waals surface area contributed by atoms with E-state index in [9.17, 15) is 9.90 Å². The molecular weight excluding hydrogens is 516 g/mol. The first-order chi connectivity index (χ1) is 20.7. The Bertz CT molecular complexity index is 688. The van der Waals surface area contributed by atoms with Gasteiger partial charge in [0.1, 0.15) is 0 Å². The molecule has 0 fully saturated rings. The number of carboxylic acids is 1. The number of benzene rings is 1. The number of hydrogen-bond donors (Lipinski definition) is 1. The van der Waals surface area contributed by atoms with Crippen molar-refractivity contribution in [2.75, 3.05) is 0 Å². The van der Waals surface area contributed by atoms with Gasteiger partial charge in [-0.25, -0.2) is 0 Å². The molecule has 3 nitrogen and oxygen atoms in total. The highest BCUT2D eigenvalue weighted by Crippen LogP contribution is 2.24. The lowest BCUT2D eigenvalue weighted by atomic mass is 9.91. The minimum atomic E-state index is -0.675. The zero-order chi connectivity index (χ0) is 30.4. The van der Waals surface area contributed by atoms with Crippen LogP contribution in [0.2, 0.25) is 0 Å². The molecular formula is C39H70O3. The van der Waals surface area contributed by atoms with Crippen LogP contribution in [0.4, 0.5) is 0 Å². The Morgan fingerprint density at radius 2 is 0.905 bits per heavy atom. The van der Waals surface area contributed by atoms with Gasteiger partial charge in [0, 0.05) is 0 Å². The maximum absolute atomic E-state index is 12.3. The van der Waals surface area contributed by atoms with Crippen molar-refractivity contribution in [3.05, 3.63) is 35.9 Å². The normalized spacial score (nSPS) is 12.9. The van der Waals surface area contributed by atoms with E-state index in [4.69, 9.17) is 4.74 Å². The summed E-state index contributed by atoms with van der Waals surface area (Å²) >= 11 is 0. The molecule has 1 rings (SSSR count). The summed E-state index contributed by atoms with van der Waals surface area (Å²) in [5, 5.41) is 10.1. The number of carbonyl (C=O) groups is 1. The van der Waals surface area contributed by atoms with Crippen molar-refractivity contribution in [3.8, 4) is 0 Å². The molecule has 0 aromatic heterocycles. The lowest BCUT2D eigenvalue weighted by molar-refractivity contribution is -0.149. The predicted octanol–water partition coefficient (Wildman–Crippen LogP) is 12.8. The molecule has 0 amide bonds. The highest BCUT2D eigenvalue weighted by atomic mass is 16.5. The zero-order valence-corrected chi connectivity index (χ0v) is 28.1. The molecule has 0 radical (unpaired) electrons. The maximum atomic E-state index is 12.3. The highest BCUT2D eigenvalue weighted by molar-refractivity contribution is 5.70. The van der Waals surface area contributed by atoms with E-state index in [0.29, 0.717) is 6.61 Å². The number of unbranched alkanes of at least 4 members (excludes halogenated alkanes) is 23. The second kappa shape index (κ2) is 29.7. The van der Waals surface area contributed by atoms with Gasteiger partial charge in [-0.15, -0.1) is 0 Å². The van der Waals surface area contributed by atoms with Crippen LogP contribution in [0.5, 0.6) is 0 Å². The third-order valence-corrected chi connectivity index (χ3v) is 9.03. The summed E-state index contributed by atoms with van der Waals surface area (Å²) in [4.78, 5) is 12.3. The van der Waals surface area contributed by atoms with E-state index in [1.54, 1.807) is 0 Å². The molecule has 0 bridgehead atoms. The molecule has 1 aromatic carbocycles. The lowest BCUT2D eigenvalue weighted by Gasteiger charge is -2.25. The van der Waals surface area contributed by atoms with Gasteiger partial charge in [-0.05, 0) is 18.4 Å². The number of carboxylic acid groups (broad SMARTS) is 1. The Morgan fingerprint density at radius 1 is 0.548 bits per heavy atom. The van der Waals surface area contributed by atoms with Crippen molar-refractivity contribution >= 4 is 5.97 Å². The van der Waals surface area contributed by atoms with Crippen LogP contribution in [-0.4, -0.2) is 17.2 Å². The Balaban J connectivity index is 2.29. The van der Waals surface area contributed by atoms with E-state index in [0.717, 1.165) is 37.7 Å². The van der Waals surface area contributed by atoms with Crippen molar-refractivity contribution in [2.24, 2.45) is 5.92 Å². The predicted molar refractivity (Wildman–Crippen MR) is 182 cm³/mol. The third-order valence-electron chi connectivity index (χ3n) is 9.03. The molecule has 1 N–H and O–H groups in total. The van der Waals surface area contributed by atoms with Gasteiger partial charge in [-0.1, -0.05) is 205 Å². The third kappa shape index (κ3) is 23.1. The Morgan fingerprint density at radius 3 is 1.29 bits per heavy atom. The molecule has 0 aliphatic carbocycles. The lowest BCUT2D eigenvalue weighted by Crippen LogP contribution is -2.31. The van der Waals surface area contributed by atoms with E-state index in [1.807, 2.05) is 18.2 Å². The molecule has 42 heavy (non-hydrogen) atoms. The minimum Gasteiger partial charge on any atom is -0.481 e. The van der Waals surface area contributed by atoms with Crippen LogP contribution in [0.1, 0.15) is 193 Å². The molecule has 1 aromatic rings. The maximum Gasteiger partial charge on any atom is 0.309 e. The first kappa shape index (κ1) is 38.7. The topological polar surface area (TPSA) is 46.5 Å². The van der Waals surface area contributed by atoms with Crippen LogP contribution >= 0.6 is 0 Å². The summed E-state index contributed by atoms with van der Waals surface area (Å²) < 4.78 is 6.34. The highest BCUT2D eigenvalue weighted by Gasteiger charge is 2.28. The van der Waals surface area contributed by atoms with Crippen LogP contribution in [0, 0.1) is 5.92 Å². The summed E-state index contributed by atoms with van der Waals surface area (Å²) in [6, 6.07) is 10.2. The van der Waals surface area contributed by atoms with Crippen LogP contribution in [0.15, 0.2) is 30.3 Å². The minimum absolute atomic E-state index is 0.192. The van der Waals surface area contributed by atoms with Crippen LogP contribution in [0.3, 0.4) is 0 Å². The summed E-state index contributed by atoms with van der Waals surface area (Å²) in [6.45, 7) is 5.06.